The van der Waals surface area contributed by atoms with Gasteiger partial charge in [0.1, 0.15) is 0 Å². The fraction of sp³-hybridized carbons (Fsp3) is 0.333. The van der Waals surface area contributed by atoms with Crippen molar-refractivity contribution in [3.8, 4) is 0 Å². The highest BCUT2D eigenvalue weighted by Gasteiger charge is 2.05. The molecule has 0 spiro atoms. The van der Waals surface area contributed by atoms with E-state index in [0.29, 0.717) is 0 Å². The molecule has 0 radical (unpaired) electrons. The van der Waals surface area contributed by atoms with E-state index in [1.54, 1.807) is 0 Å². The Morgan fingerprint density at radius 2 is 2.00 bits per heavy atom. The molecule has 2 heteroatoms. The van der Waals surface area contributed by atoms with Crippen LogP contribution in [0.3, 0.4) is 0 Å². The van der Waals surface area contributed by atoms with Gasteiger partial charge in [0, 0.05) is 11.7 Å². The Bertz CT molecular complexity index is 233. The lowest BCUT2D eigenvalue weighted by molar-refractivity contribution is 0.813. The lowest BCUT2D eigenvalue weighted by atomic mass is 10.0. The van der Waals surface area contributed by atoms with Gasteiger partial charge < -0.3 is 11.5 Å². The molecule has 0 aliphatic rings. The Morgan fingerprint density at radius 3 is 2.36 bits per heavy atom. The molecule has 0 unspecified atom stereocenters. The van der Waals surface area contributed by atoms with Gasteiger partial charge in [0.05, 0.1) is 0 Å². The van der Waals surface area contributed by atoms with E-state index in [1.165, 1.54) is 5.56 Å². The summed E-state index contributed by atoms with van der Waals surface area (Å²) in [6.45, 7) is 3.97. The average Bonchev–Trinajstić information content (AvgIpc) is 1.85. The van der Waals surface area contributed by atoms with E-state index in [4.69, 9.17) is 11.5 Å². The largest absolute Gasteiger partial charge is 0.398 e. The second-order valence-corrected chi connectivity index (χ2v) is 2.87. The number of hydrogen-bond donors (Lipinski definition) is 2. The molecule has 0 aromatic heterocycles. The van der Waals surface area contributed by atoms with Crippen molar-refractivity contribution in [3.63, 3.8) is 0 Å². The zero-order valence-electron chi connectivity index (χ0n) is 6.96. The fourth-order valence-electron chi connectivity index (χ4n) is 1.33. The highest BCUT2D eigenvalue weighted by Crippen LogP contribution is 2.21. The number of benzene rings is 1. The van der Waals surface area contributed by atoms with Crippen molar-refractivity contribution >= 4 is 5.69 Å². The van der Waals surface area contributed by atoms with Crippen molar-refractivity contribution in [1.82, 2.24) is 0 Å². The van der Waals surface area contributed by atoms with Crippen LogP contribution in [0.2, 0.25) is 0 Å². The summed E-state index contributed by atoms with van der Waals surface area (Å²) < 4.78 is 0. The van der Waals surface area contributed by atoms with Crippen LogP contribution in [-0.4, -0.2) is 0 Å². The molecule has 0 saturated carbocycles. The maximum absolute atomic E-state index is 5.74. The number of nitrogens with two attached hydrogens (primary N) is 2. The van der Waals surface area contributed by atoms with Crippen molar-refractivity contribution in [2.24, 2.45) is 5.73 Å². The molecule has 0 amide bonds. The molecule has 2 nitrogen and oxygen atoms in total. The minimum atomic E-state index is 0.0243. The Hall–Kier alpha value is -1.02. The molecule has 0 aliphatic heterocycles. The summed E-state index contributed by atoms with van der Waals surface area (Å²) in [6, 6.07) is 5.87. The number of anilines is 1. The fourth-order valence-corrected chi connectivity index (χ4v) is 1.33. The van der Waals surface area contributed by atoms with Gasteiger partial charge in [0.2, 0.25) is 0 Å². The van der Waals surface area contributed by atoms with E-state index in [9.17, 15) is 0 Å². The Labute approximate surface area is 67.2 Å². The number of aryl methyl sites for hydroxylation is 1. The van der Waals surface area contributed by atoms with Crippen LogP contribution in [0.25, 0.3) is 0 Å². The smallest absolute Gasteiger partial charge is 0.0365 e. The molecule has 0 saturated heterocycles. The third-order valence-corrected chi connectivity index (χ3v) is 1.81. The average molecular weight is 150 g/mol. The van der Waals surface area contributed by atoms with Gasteiger partial charge >= 0.3 is 0 Å². The first kappa shape index (κ1) is 8.08. The van der Waals surface area contributed by atoms with Crippen molar-refractivity contribution in [3.05, 3.63) is 29.3 Å². The maximum Gasteiger partial charge on any atom is 0.0365 e. The van der Waals surface area contributed by atoms with Crippen LogP contribution in [0.15, 0.2) is 18.2 Å². The van der Waals surface area contributed by atoms with Crippen LogP contribution in [0.1, 0.15) is 24.1 Å². The highest BCUT2D eigenvalue weighted by molar-refractivity contribution is 5.51. The maximum atomic E-state index is 5.74. The van der Waals surface area contributed by atoms with E-state index in [-0.39, 0.29) is 6.04 Å². The second-order valence-electron chi connectivity index (χ2n) is 2.87. The Kier molecular flexibility index (Phi) is 2.15. The second kappa shape index (κ2) is 2.93. The standard InChI is InChI=1S/C9H14N2/c1-6-4-3-5-8(11)9(6)7(2)10/h3-5,7H,10-11H2,1-2H3/t7-/m1/s1. The number of nitrogen functional groups attached to an aromatic ring is 1. The molecule has 0 bridgehead atoms. The van der Waals surface area contributed by atoms with Crippen LogP contribution in [0.5, 0.6) is 0 Å². The van der Waals surface area contributed by atoms with Gasteiger partial charge in [-0.25, -0.2) is 0 Å². The molecule has 1 aromatic carbocycles. The summed E-state index contributed by atoms with van der Waals surface area (Å²) >= 11 is 0. The van der Waals surface area contributed by atoms with Gasteiger partial charge in [0.15, 0.2) is 0 Å². The first-order valence-corrected chi connectivity index (χ1v) is 3.73. The lowest BCUT2D eigenvalue weighted by Crippen LogP contribution is -2.09. The van der Waals surface area contributed by atoms with Gasteiger partial charge in [-0.3, -0.25) is 0 Å². The lowest BCUT2D eigenvalue weighted by Gasteiger charge is -2.11. The van der Waals surface area contributed by atoms with Gasteiger partial charge in [-0.2, -0.15) is 0 Å². The summed E-state index contributed by atoms with van der Waals surface area (Å²) in [5, 5.41) is 0. The van der Waals surface area contributed by atoms with E-state index in [0.717, 1.165) is 11.3 Å². The van der Waals surface area contributed by atoms with Crippen molar-refractivity contribution < 1.29 is 0 Å². The molecule has 11 heavy (non-hydrogen) atoms. The van der Waals surface area contributed by atoms with Crippen LogP contribution in [-0.2, 0) is 0 Å². The predicted octanol–water partition coefficient (Wildman–Crippen LogP) is 1.60. The van der Waals surface area contributed by atoms with Gasteiger partial charge in [-0.1, -0.05) is 12.1 Å². The summed E-state index contributed by atoms with van der Waals surface area (Å²) in [6.07, 6.45) is 0. The predicted molar refractivity (Wildman–Crippen MR) is 48.2 cm³/mol. The van der Waals surface area contributed by atoms with Crippen LogP contribution < -0.4 is 11.5 Å². The molecule has 0 heterocycles. The molecular weight excluding hydrogens is 136 g/mol. The van der Waals surface area contributed by atoms with E-state index in [2.05, 4.69) is 0 Å². The SMILES string of the molecule is Cc1cccc(N)c1[C@@H](C)N. The number of rotatable bonds is 1. The monoisotopic (exact) mass is 150 g/mol. The molecule has 0 fully saturated rings. The minimum Gasteiger partial charge on any atom is -0.398 e. The summed E-state index contributed by atoms with van der Waals surface area (Å²) in [4.78, 5) is 0. The van der Waals surface area contributed by atoms with Gasteiger partial charge in [-0.15, -0.1) is 0 Å². The van der Waals surface area contributed by atoms with Crippen LogP contribution in [0, 0.1) is 6.92 Å². The van der Waals surface area contributed by atoms with Crippen molar-refractivity contribution in [1.29, 1.82) is 0 Å². The molecule has 1 rings (SSSR count). The number of hydrogen-bond acceptors (Lipinski definition) is 2. The third kappa shape index (κ3) is 1.52. The zero-order valence-corrected chi connectivity index (χ0v) is 6.96. The Balaban J connectivity index is 3.21. The summed E-state index contributed by atoms with van der Waals surface area (Å²) in [5.41, 5.74) is 14.5. The first-order valence-electron chi connectivity index (χ1n) is 3.73. The topological polar surface area (TPSA) is 52.0 Å². The van der Waals surface area contributed by atoms with Crippen LogP contribution in [0.4, 0.5) is 5.69 Å². The highest BCUT2D eigenvalue weighted by atomic mass is 14.7. The quantitative estimate of drug-likeness (QED) is 0.597. The molecular formula is C9H14N2. The van der Waals surface area contributed by atoms with E-state index >= 15 is 0 Å². The molecule has 4 N–H and O–H groups in total. The third-order valence-electron chi connectivity index (χ3n) is 1.81. The first-order chi connectivity index (χ1) is 5.13. The van der Waals surface area contributed by atoms with E-state index in [1.807, 2.05) is 32.0 Å². The molecule has 1 atom stereocenters. The van der Waals surface area contributed by atoms with Crippen LogP contribution >= 0.6 is 0 Å². The van der Waals surface area contributed by atoms with E-state index < -0.39 is 0 Å². The Morgan fingerprint density at radius 1 is 1.36 bits per heavy atom. The van der Waals surface area contributed by atoms with Gasteiger partial charge in [0.25, 0.3) is 0 Å². The van der Waals surface area contributed by atoms with Crippen molar-refractivity contribution in [2.75, 3.05) is 5.73 Å². The normalized spacial score (nSPS) is 13.0. The minimum absolute atomic E-state index is 0.0243. The van der Waals surface area contributed by atoms with Crippen molar-refractivity contribution in [2.45, 2.75) is 19.9 Å². The van der Waals surface area contributed by atoms with Gasteiger partial charge in [-0.05, 0) is 31.0 Å². The summed E-state index contributed by atoms with van der Waals surface area (Å²) in [5.74, 6) is 0. The molecule has 60 valence electrons. The molecule has 0 aliphatic carbocycles. The molecule has 1 aromatic rings. The zero-order chi connectivity index (χ0) is 8.43. The summed E-state index contributed by atoms with van der Waals surface area (Å²) in [7, 11) is 0.